The molecule has 20 heavy (non-hydrogen) atoms. The second kappa shape index (κ2) is 7.09. The molecule has 0 bridgehead atoms. The lowest BCUT2D eigenvalue weighted by Crippen LogP contribution is -2.16. The van der Waals surface area contributed by atoms with Crippen LogP contribution >= 0.6 is 0 Å². The molecule has 0 atom stereocenters. The molecule has 4 nitrogen and oxygen atoms in total. The summed E-state index contributed by atoms with van der Waals surface area (Å²) in [5.41, 5.74) is -0.268. The number of aryl methyl sites for hydroxylation is 1. The summed E-state index contributed by atoms with van der Waals surface area (Å²) >= 11 is 0. The van der Waals surface area contributed by atoms with Crippen LogP contribution in [0.5, 0.6) is 0 Å². The molecule has 0 saturated heterocycles. The third kappa shape index (κ3) is 3.60. The van der Waals surface area contributed by atoms with E-state index in [0.717, 1.165) is 38.1 Å². The Balaban J connectivity index is 1.98. The molecular weight excluding hydrogens is 264 g/mol. The van der Waals surface area contributed by atoms with E-state index in [4.69, 9.17) is 4.42 Å². The highest BCUT2D eigenvalue weighted by Crippen LogP contribution is 2.24. The summed E-state index contributed by atoms with van der Waals surface area (Å²) < 4.78 is 32.4. The van der Waals surface area contributed by atoms with Crippen LogP contribution in [0.1, 0.15) is 25.7 Å². The van der Waals surface area contributed by atoms with Gasteiger partial charge in [0.25, 0.3) is 5.89 Å². The van der Waals surface area contributed by atoms with Gasteiger partial charge in [0.05, 0.1) is 0 Å². The first-order valence-corrected chi connectivity index (χ1v) is 6.70. The predicted molar refractivity (Wildman–Crippen MR) is 71.1 cm³/mol. The number of halogens is 2. The number of hydrogen-bond donors (Lipinski definition) is 1. The Hall–Kier alpha value is -1.82. The van der Waals surface area contributed by atoms with Crippen molar-refractivity contribution in [3.63, 3.8) is 0 Å². The van der Waals surface area contributed by atoms with Gasteiger partial charge < -0.3 is 9.73 Å². The average molecular weight is 281 g/mol. The van der Waals surface area contributed by atoms with Gasteiger partial charge in [-0.25, -0.2) is 8.78 Å². The molecule has 0 saturated carbocycles. The van der Waals surface area contributed by atoms with Crippen molar-refractivity contribution >= 4 is 0 Å². The number of benzene rings is 1. The van der Waals surface area contributed by atoms with Gasteiger partial charge in [-0.2, -0.15) is 0 Å². The fraction of sp³-hybridized carbons (Fsp3) is 0.429. The van der Waals surface area contributed by atoms with Crippen LogP contribution in [-0.4, -0.2) is 23.3 Å². The Morgan fingerprint density at radius 2 is 1.90 bits per heavy atom. The van der Waals surface area contributed by atoms with Crippen LogP contribution in [-0.2, 0) is 6.42 Å². The van der Waals surface area contributed by atoms with Crippen molar-refractivity contribution in [1.82, 2.24) is 15.5 Å². The van der Waals surface area contributed by atoms with Crippen LogP contribution < -0.4 is 5.32 Å². The zero-order valence-corrected chi connectivity index (χ0v) is 11.3. The SMILES string of the molecule is CCCNCCCc1nnc(-c2c(F)cccc2F)o1. The van der Waals surface area contributed by atoms with Gasteiger partial charge in [0, 0.05) is 6.42 Å². The molecule has 0 radical (unpaired) electrons. The van der Waals surface area contributed by atoms with Gasteiger partial charge in [0.2, 0.25) is 5.89 Å². The number of nitrogens with zero attached hydrogens (tertiary/aromatic N) is 2. The Kier molecular flexibility index (Phi) is 5.17. The van der Waals surface area contributed by atoms with Crippen molar-refractivity contribution in [2.24, 2.45) is 0 Å². The maximum atomic E-state index is 13.6. The van der Waals surface area contributed by atoms with Gasteiger partial charge in [0.15, 0.2) is 0 Å². The van der Waals surface area contributed by atoms with Gasteiger partial charge in [0.1, 0.15) is 17.2 Å². The molecule has 1 N–H and O–H groups in total. The van der Waals surface area contributed by atoms with E-state index in [1.807, 2.05) is 0 Å². The number of rotatable bonds is 7. The fourth-order valence-electron chi connectivity index (χ4n) is 1.82. The summed E-state index contributed by atoms with van der Waals surface area (Å²) in [6, 6.07) is 3.62. The summed E-state index contributed by atoms with van der Waals surface area (Å²) in [7, 11) is 0. The second-order valence-electron chi connectivity index (χ2n) is 4.45. The molecule has 0 aliphatic heterocycles. The van der Waals surface area contributed by atoms with Crippen molar-refractivity contribution in [1.29, 1.82) is 0 Å². The Labute approximate surface area is 116 Å². The van der Waals surface area contributed by atoms with E-state index in [-0.39, 0.29) is 11.5 Å². The van der Waals surface area contributed by atoms with Crippen LogP contribution in [0, 0.1) is 11.6 Å². The molecule has 6 heteroatoms. The van der Waals surface area contributed by atoms with Crippen LogP contribution in [0.15, 0.2) is 22.6 Å². The van der Waals surface area contributed by atoms with Crippen LogP contribution in [0.4, 0.5) is 8.78 Å². The van der Waals surface area contributed by atoms with Crippen molar-refractivity contribution in [2.75, 3.05) is 13.1 Å². The second-order valence-corrected chi connectivity index (χ2v) is 4.45. The standard InChI is InChI=1S/C14H17F2N3O/c1-2-8-17-9-4-7-12-18-19-14(20-12)13-10(15)5-3-6-11(13)16/h3,5-6,17H,2,4,7-9H2,1H3. The van der Waals surface area contributed by atoms with Gasteiger partial charge in [-0.15, -0.1) is 10.2 Å². The normalized spacial score (nSPS) is 10.9. The van der Waals surface area contributed by atoms with Crippen LogP contribution in [0.2, 0.25) is 0 Å². The highest BCUT2D eigenvalue weighted by atomic mass is 19.1. The largest absolute Gasteiger partial charge is 0.420 e. The molecule has 0 amide bonds. The first-order chi connectivity index (χ1) is 9.72. The van der Waals surface area contributed by atoms with E-state index in [1.165, 1.54) is 6.07 Å². The first kappa shape index (κ1) is 14.6. The monoisotopic (exact) mass is 281 g/mol. The van der Waals surface area contributed by atoms with E-state index >= 15 is 0 Å². The van der Waals surface area contributed by atoms with Gasteiger partial charge in [-0.1, -0.05) is 13.0 Å². The minimum absolute atomic E-state index is 0.114. The van der Waals surface area contributed by atoms with E-state index in [1.54, 1.807) is 0 Å². The predicted octanol–water partition coefficient (Wildman–Crippen LogP) is 2.95. The van der Waals surface area contributed by atoms with Crippen LogP contribution in [0.3, 0.4) is 0 Å². The molecule has 0 aliphatic carbocycles. The van der Waals surface area contributed by atoms with E-state index < -0.39 is 11.6 Å². The highest BCUT2D eigenvalue weighted by molar-refractivity contribution is 5.54. The van der Waals surface area contributed by atoms with E-state index in [2.05, 4.69) is 22.4 Å². The van der Waals surface area contributed by atoms with Crippen molar-refractivity contribution in [3.05, 3.63) is 35.7 Å². The Morgan fingerprint density at radius 1 is 1.15 bits per heavy atom. The number of nitrogens with one attached hydrogen (secondary N) is 1. The third-order valence-corrected chi connectivity index (χ3v) is 2.81. The molecular formula is C14H17F2N3O. The maximum absolute atomic E-state index is 13.6. The molecule has 108 valence electrons. The molecule has 2 aromatic rings. The van der Waals surface area contributed by atoms with Crippen molar-refractivity contribution in [2.45, 2.75) is 26.2 Å². The van der Waals surface area contributed by atoms with Crippen LogP contribution in [0.25, 0.3) is 11.5 Å². The number of hydrogen-bond acceptors (Lipinski definition) is 4. The zero-order chi connectivity index (χ0) is 14.4. The lowest BCUT2D eigenvalue weighted by molar-refractivity contribution is 0.483. The maximum Gasteiger partial charge on any atom is 0.253 e. The molecule has 1 aromatic carbocycles. The summed E-state index contributed by atoms with van der Waals surface area (Å²) in [6.07, 6.45) is 2.50. The summed E-state index contributed by atoms with van der Waals surface area (Å²) in [5.74, 6) is -1.13. The summed E-state index contributed by atoms with van der Waals surface area (Å²) in [6.45, 7) is 3.91. The average Bonchev–Trinajstić information content (AvgIpc) is 2.87. The quantitative estimate of drug-likeness (QED) is 0.793. The summed E-state index contributed by atoms with van der Waals surface area (Å²) in [5, 5.41) is 10.8. The van der Waals surface area contributed by atoms with E-state index in [9.17, 15) is 8.78 Å². The Bertz CT molecular complexity index is 537. The minimum atomic E-state index is -0.704. The smallest absolute Gasteiger partial charge is 0.253 e. The molecule has 0 spiro atoms. The molecule has 1 aromatic heterocycles. The first-order valence-electron chi connectivity index (χ1n) is 6.70. The van der Waals surface area contributed by atoms with Crippen molar-refractivity contribution < 1.29 is 13.2 Å². The lowest BCUT2D eigenvalue weighted by atomic mass is 10.2. The topological polar surface area (TPSA) is 51.0 Å². The van der Waals surface area contributed by atoms with Gasteiger partial charge >= 0.3 is 0 Å². The Morgan fingerprint density at radius 3 is 2.60 bits per heavy atom. The highest BCUT2D eigenvalue weighted by Gasteiger charge is 2.17. The third-order valence-electron chi connectivity index (χ3n) is 2.81. The molecule has 0 unspecified atom stereocenters. The summed E-state index contributed by atoms with van der Waals surface area (Å²) in [4.78, 5) is 0. The van der Waals surface area contributed by atoms with Gasteiger partial charge in [-0.05, 0) is 38.1 Å². The van der Waals surface area contributed by atoms with Crippen molar-refractivity contribution in [3.8, 4) is 11.5 Å². The minimum Gasteiger partial charge on any atom is -0.420 e. The lowest BCUT2D eigenvalue weighted by Gasteiger charge is -2.00. The van der Waals surface area contributed by atoms with E-state index in [0.29, 0.717) is 12.3 Å². The fourth-order valence-corrected chi connectivity index (χ4v) is 1.82. The molecule has 0 aliphatic rings. The molecule has 1 heterocycles. The zero-order valence-electron chi connectivity index (χ0n) is 11.3. The van der Waals surface area contributed by atoms with Gasteiger partial charge in [-0.3, -0.25) is 0 Å². The molecule has 0 fully saturated rings. The molecule has 2 rings (SSSR count). The number of aromatic nitrogens is 2.